The molecule has 0 saturated heterocycles. The molecule has 0 unspecified atom stereocenters. The first-order valence-corrected chi connectivity index (χ1v) is 8.05. The van der Waals surface area contributed by atoms with Gasteiger partial charge >= 0.3 is 0 Å². The Hall–Kier alpha value is -0.110. The van der Waals surface area contributed by atoms with Gasteiger partial charge in [-0.2, -0.15) is 0 Å². The van der Waals surface area contributed by atoms with Crippen LogP contribution in [-0.2, 0) is 0 Å². The number of nitrogens with one attached hydrogen (secondary N) is 1. The van der Waals surface area contributed by atoms with E-state index >= 15 is 0 Å². The van der Waals surface area contributed by atoms with E-state index in [1.165, 1.54) is 38.5 Å². The fourth-order valence-corrected chi connectivity index (χ4v) is 5.73. The Morgan fingerprint density at radius 1 is 1.06 bits per heavy atom. The molecule has 1 N–H and O–H groups in total. The summed E-state index contributed by atoms with van der Waals surface area (Å²) in [7, 11) is 0. The summed E-state index contributed by atoms with van der Waals surface area (Å²) in [5.41, 5.74) is 0.712. The van der Waals surface area contributed by atoms with Gasteiger partial charge in [-0.1, -0.05) is 33.0 Å². The van der Waals surface area contributed by atoms with Crippen LogP contribution in [0.25, 0.3) is 0 Å². The average Bonchev–Trinajstić information content (AvgIpc) is 2.09. The molecule has 4 rings (SSSR count). The van der Waals surface area contributed by atoms with Crippen LogP contribution in [0, 0.1) is 23.2 Å². The molecule has 4 fully saturated rings. The molecule has 0 amide bonds. The van der Waals surface area contributed by atoms with Gasteiger partial charge in [-0.25, -0.2) is 0 Å². The zero-order chi connectivity index (χ0) is 13.0. The average molecular weight is 265 g/mol. The topological polar surface area (TPSA) is 12.0 Å². The lowest BCUT2D eigenvalue weighted by Gasteiger charge is -2.57. The first kappa shape index (κ1) is 12.9. The fourth-order valence-electron chi connectivity index (χ4n) is 5.09. The smallest absolute Gasteiger partial charge is 0.0762 e. The minimum absolute atomic E-state index is 0.312. The Kier molecular flexibility index (Phi) is 3.01. The van der Waals surface area contributed by atoms with Crippen molar-refractivity contribution < 1.29 is 0 Å². The maximum atomic E-state index is 5.63. The Bertz CT molecular complexity index is 317. The van der Waals surface area contributed by atoms with Crippen molar-refractivity contribution in [1.82, 2.24) is 5.32 Å². The third kappa shape index (κ3) is 2.59. The number of thiocarbonyl (C=S) groups is 1. The third-order valence-corrected chi connectivity index (χ3v) is 5.38. The van der Waals surface area contributed by atoms with Gasteiger partial charge in [0.05, 0.1) is 4.99 Å². The van der Waals surface area contributed by atoms with Crippen molar-refractivity contribution in [1.29, 1.82) is 0 Å². The van der Waals surface area contributed by atoms with Gasteiger partial charge in [0.1, 0.15) is 0 Å². The minimum atomic E-state index is 0.312. The molecule has 0 heterocycles. The van der Waals surface area contributed by atoms with Crippen LogP contribution in [0.15, 0.2) is 0 Å². The maximum Gasteiger partial charge on any atom is 0.0762 e. The van der Waals surface area contributed by atoms with Gasteiger partial charge in [-0.15, -0.1) is 0 Å². The van der Waals surface area contributed by atoms with Gasteiger partial charge in [-0.05, 0) is 61.7 Å². The second-order valence-corrected chi connectivity index (χ2v) is 8.98. The van der Waals surface area contributed by atoms with Crippen LogP contribution in [0.1, 0.15) is 65.7 Å². The Balaban J connectivity index is 1.67. The van der Waals surface area contributed by atoms with Crippen molar-refractivity contribution in [3.63, 3.8) is 0 Å². The molecule has 0 aromatic heterocycles. The van der Waals surface area contributed by atoms with Gasteiger partial charge < -0.3 is 5.32 Å². The zero-order valence-electron chi connectivity index (χ0n) is 12.1. The minimum Gasteiger partial charge on any atom is -0.374 e. The van der Waals surface area contributed by atoms with Gasteiger partial charge in [-0.3, -0.25) is 0 Å². The van der Waals surface area contributed by atoms with E-state index in [2.05, 4.69) is 26.1 Å². The molecule has 0 aromatic carbocycles. The van der Waals surface area contributed by atoms with E-state index in [4.69, 9.17) is 12.2 Å². The highest BCUT2D eigenvalue weighted by Crippen LogP contribution is 2.55. The molecule has 0 spiro atoms. The molecule has 1 nitrogen and oxygen atoms in total. The maximum absolute atomic E-state index is 5.63. The molecule has 0 aliphatic heterocycles. The number of rotatable bonds is 2. The first-order chi connectivity index (χ1) is 8.34. The molecule has 0 atom stereocenters. The highest BCUT2D eigenvalue weighted by Gasteiger charge is 2.51. The predicted molar refractivity (Wildman–Crippen MR) is 80.7 cm³/mol. The molecule has 2 heteroatoms. The van der Waals surface area contributed by atoms with Crippen LogP contribution in [0.3, 0.4) is 0 Å². The Labute approximate surface area is 117 Å². The lowest BCUT2D eigenvalue weighted by molar-refractivity contribution is -0.0101. The lowest BCUT2D eigenvalue weighted by atomic mass is 9.53. The van der Waals surface area contributed by atoms with Crippen LogP contribution >= 0.6 is 12.2 Å². The second kappa shape index (κ2) is 4.19. The molecule has 0 aromatic rings. The van der Waals surface area contributed by atoms with E-state index in [0.29, 0.717) is 11.0 Å². The van der Waals surface area contributed by atoms with Gasteiger partial charge in [0.25, 0.3) is 0 Å². The van der Waals surface area contributed by atoms with Gasteiger partial charge in [0.15, 0.2) is 0 Å². The summed E-state index contributed by atoms with van der Waals surface area (Å²) in [6.45, 7) is 6.84. The van der Waals surface area contributed by atoms with E-state index < -0.39 is 0 Å². The van der Waals surface area contributed by atoms with Crippen molar-refractivity contribution in [3.8, 4) is 0 Å². The summed E-state index contributed by atoms with van der Waals surface area (Å²) in [5, 5.41) is 3.81. The summed E-state index contributed by atoms with van der Waals surface area (Å²) in [5.74, 6) is 3.00. The van der Waals surface area contributed by atoms with E-state index in [1.807, 2.05) is 0 Å². The Morgan fingerprint density at radius 2 is 1.50 bits per heavy atom. The zero-order valence-corrected chi connectivity index (χ0v) is 12.9. The highest BCUT2D eigenvalue weighted by molar-refractivity contribution is 7.80. The summed E-state index contributed by atoms with van der Waals surface area (Å²) >= 11 is 5.63. The van der Waals surface area contributed by atoms with Crippen LogP contribution in [0.4, 0.5) is 0 Å². The molecule has 102 valence electrons. The van der Waals surface area contributed by atoms with E-state index in [-0.39, 0.29) is 0 Å². The van der Waals surface area contributed by atoms with Crippen LogP contribution in [0.2, 0.25) is 0 Å². The van der Waals surface area contributed by atoms with E-state index in [0.717, 1.165) is 29.2 Å². The molecule has 4 bridgehead atoms. The lowest BCUT2D eigenvalue weighted by Crippen LogP contribution is -2.59. The quantitative estimate of drug-likeness (QED) is 0.747. The normalized spacial score (nSPS) is 42.1. The van der Waals surface area contributed by atoms with Crippen molar-refractivity contribution in [2.45, 2.75) is 71.3 Å². The van der Waals surface area contributed by atoms with Crippen molar-refractivity contribution in [3.05, 3.63) is 0 Å². The van der Waals surface area contributed by atoms with Crippen molar-refractivity contribution >= 4 is 17.2 Å². The second-order valence-electron chi connectivity index (χ2n) is 8.48. The summed E-state index contributed by atoms with van der Waals surface area (Å²) in [6, 6.07) is 0. The van der Waals surface area contributed by atoms with E-state index in [1.54, 1.807) is 0 Å². The summed E-state index contributed by atoms with van der Waals surface area (Å²) in [6.07, 6.45) is 9.73. The molecular weight excluding hydrogens is 238 g/mol. The van der Waals surface area contributed by atoms with Gasteiger partial charge in [0.2, 0.25) is 0 Å². The fraction of sp³-hybridized carbons (Fsp3) is 0.938. The van der Waals surface area contributed by atoms with Crippen LogP contribution in [0.5, 0.6) is 0 Å². The molecule has 4 saturated carbocycles. The third-order valence-electron chi connectivity index (χ3n) is 5.13. The van der Waals surface area contributed by atoms with E-state index in [9.17, 15) is 0 Å². The molecule has 4 aliphatic rings. The molecular formula is C16H27NS. The first-order valence-electron chi connectivity index (χ1n) is 7.65. The standard InChI is InChI=1S/C16H27NS/c1-15(2,3)10-14(18)17-16-7-11-4-12(8-16)6-13(5-11)9-16/h11-13H,4-10H2,1-3H3,(H,17,18). The summed E-state index contributed by atoms with van der Waals surface area (Å²) in [4.78, 5) is 1.12. The predicted octanol–water partition coefficient (Wildman–Crippen LogP) is 4.31. The number of hydrogen-bond donors (Lipinski definition) is 1. The monoisotopic (exact) mass is 265 g/mol. The molecule has 4 aliphatic carbocycles. The van der Waals surface area contributed by atoms with Gasteiger partial charge in [0, 0.05) is 12.0 Å². The van der Waals surface area contributed by atoms with Crippen molar-refractivity contribution in [2.24, 2.45) is 23.2 Å². The number of hydrogen-bond acceptors (Lipinski definition) is 1. The van der Waals surface area contributed by atoms with Crippen LogP contribution < -0.4 is 5.32 Å². The summed E-state index contributed by atoms with van der Waals surface area (Å²) < 4.78 is 0. The van der Waals surface area contributed by atoms with Crippen molar-refractivity contribution in [2.75, 3.05) is 0 Å². The molecule has 0 radical (unpaired) electrons. The van der Waals surface area contributed by atoms with Crippen LogP contribution in [-0.4, -0.2) is 10.5 Å². The SMILES string of the molecule is CC(C)(C)CC(=S)NC12CC3CC(CC(C3)C1)C2. The largest absolute Gasteiger partial charge is 0.374 e. The Morgan fingerprint density at radius 3 is 1.89 bits per heavy atom. The molecule has 18 heavy (non-hydrogen) atoms. The highest BCUT2D eigenvalue weighted by atomic mass is 32.1.